The second-order valence-corrected chi connectivity index (χ2v) is 6.07. The van der Waals surface area contributed by atoms with E-state index in [0.717, 1.165) is 32.1 Å². The fraction of sp³-hybridized carbons (Fsp3) is 0.667. The van der Waals surface area contributed by atoms with Crippen LogP contribution in [0.3, 0.4) is 0 Å². The normalized spacial score (nSPS) is 17.0. The van der Waals surface area contributed by atoms with Crippen LogP contribution in [0.25, 0.3) is 0 Å². The summed E-state index contributed by atoms with van der Waals surface area (Å²) in [5, 5.41) is 3.99. The van der Waals surface area contributed by atoms with Crippen LogP contribution in [0.5, 0.6) is 0 Å². The highest BCUT2D eigenvalue weighted by Gasteiger charge is 2.22. The lowest BCUT2D eigenvalue weighted by molar-refractivity contribution is 0.159. The smallest absolute Gasteiger partial charge is 0.129 e. The lowest BCUT2D eigenvalue weighted by atomic mass is 9.97. The Labute approximate surface area is 145 Å². The number of pyridine rings is 1. The zero-order valence-electron chi connectivity index (χ0n) is 12.7. The SMILES string of the molecule is CC(C)CC[C@H](c1ccc(Cl)nc1)N1CCNCC1.Cl.Cl. The van der Waals surface area contributed by atoms with E-state index in [0.29, 0.717) is 11.2 Å². The van der Waals surface area contributed by atoms with E-state index in [-0.39, 0.29) is 24.8 Å². The Morgan fingerprint density at radius 3 is 2.38 bits per heavy atom. The van der Waals surface area contributed by atoms with Gasteiger partial charge in [-0.05, 0) is 30.4 Å². The molecule has 6 heteroatoms. The summed E-state index contributed by atoms with van der Waals surface area (Å²) >= 11 is 5.89. The second kappa shape index (κ2) is 10.6. The summed E-state index contributed by atoms with van der Waals surface area (Å²) in [5.41, 5.74) is 1.30. The molecule has 3 nitrogen and oxygen atoms in total. The number of halogens is 3. The zero-order valence-corrected chi connectivity index (χ0v) is 15.1. The van der Waals surface area contributed by atoms with Gasteiger partial charge in [-0.15, -0.1) is 24.8 Å². The van der Waals surface area contributed by atoms with E-state index in [1.807, 2.05) is 12.3 Å². The van der Waals surface area contributed by atoms with Crippen molar-refractivity contribution in [1.82, 2.24) is 15.2 Å². The third kappa shape index (κ3) is 6.70. The van der Waals surface area contributed by atoms with Crippen LogP contribution in [0.15, 0.2) is 18.3 Å². The Hall–Kier alpha value is -0.0600. The van der Waals surface area contributed by atoms with Gasteiger partial charge in [0.15, 0.2) is 0 Å². The molecular formula is C15H26Cl3N3. The minimum absolute atomic E-state index is 0. The number of rotatable bonds is 5. The van der Waals surface area contributed by atoms with Crippen LogP contribution in [0.4, 0.5) is 0 Å². The lowest BCUT2D eigenvalue weighted by Crippen LogP contribution is -2.45. The molecular weight excluding hydrogens is 329 g/mol. The molecule has 1 aliphatic heterocycles. The maximum Gasteiger partial charge on any atom is 0.129 e. The molecule has 1 aromatic heterocycles. The summed E-state index contributed by atoms with van der Waals surface area (Å²) in [6.45, 7) is 8.97. The summed E-state index contributed by atoms with van der Waals surface area (Å²) in [7, 11) is 0. The van der Waals surface area contributed by atoms with E-state index >= 15 is 0 Å². The Balaban J connectivity index is 0.00000200. The lowest BCUT2D eigenvalue weighted by Gasteiger charge is -2.35. The molecule has 21 heavy (non-hydrogen) atoms. The van der Waals surface area contributed by atoms with Gasteiger partial charge in [0.25, 0.3) is 0 Å². The van der Waals surface area contributed by atoms with Gasteiger partial charge in [0.1, 0.15) is 5.15 Å². The Morgan fingerprint density at radius 2 is 1.86 bits per heavy atom. The van der Waals surface area contributed by atoms with E-state index in [1.165, 1.54) is 18.4 Å². The van der Waals surface area contributed by atoms with Gasteiger partial charge in [-0.3, -0.25) is 4.90 Å². The van der Waals surface area contributed by atoms with E-state index in [2.05, 4.69) is 35.1 Å². The van der Waals surface area contributed by atoms with Crippen LogP contribution in [0.2, 0.25) is 5.15 Å². The van der Waals surface area contributed by atoms with Gasteiger partial charge in [-0.1, -0.05) is 31.5 Å². The molecule has 0 bridgehead atoms. The number of nitrogens with one attached hydrogen (secondary N) is 1. The number of piperazine rings is 1. The molecule has 0 aromatic carbocycles. The van der Waals surface area contributed by atoms with E-state index in [9.17, 15) is 0 Å². The Morgan fingerprint density at radius 1 is 1.19 bits per heavy atom. The fourth-order valence-corrected chi connectivity index (χ4v) is 2.74. The molecule has 0 amide bonds. The standard InChI is InChI=1S/C15H24ClN3.2ClH/c1-12(2)3-5-14(19-9-7-17-8-10-19)13-4-6-15(16)18-11-13;;/h4,6,11-12,14,17H,3,5,7-10H2,1-2H3;2*1H/t14-;;/m1../s1. The topological polar surface area (TPSA) is 28.2 Å². The molecule has 0 aliphatic carbocycles. The summed E-state index contributed by atoms with van der Waals surface area (Å²) in [5.74, 6) is 0.741. The molecule has 1 N–H and O–H groups in total. The van der Waals surface area contributed by atoms with Crippen molar-refractivity contribution >= 4 is 36.4 Å². The minimum Gasteiger partial charge on any atom is -0.314 e. The average Bonchev–Trinajstić information content (AvgIpc) is 2.42. The number of hydrogen-bond acceptors (Lipinski definition) is 3. The molecule has 0 spiro atoms. The first kappa shape index (κ1) is 20.9. The monoisotopic (exact) mass is 353 g/mol. The second-order valence-electron chi connectivity index (χ2n) is 5.69. The van der Waals surface area contributed by atoms with Crippen molar-refractivity contribution in [2.24, 2.45) is 5.92 Å². The molecule has 0 saturated carbocycles. The molecule has 122 valence electrons. The van der Waals surface area contributed by atoms with E-state index in [4.69, 9.17) is 11.6 Å². The van der Waals surface area contributed by atoms with Crippen molar-refractivity contribution in [2.45, 2.75) is 32.7 Å². The highest BCUT2D eigenvalue weighted by molar-refractivity contribution is 6.29. The third-order valence-corrected chi connectivity index (χ3v) is 3.97. The van der Waals surface area contributed by atoms with Gasteiger partial charge in [0, 0.05) is 38.4 Å². The highest BCUT2D eigenvalue weighted by Crippen LogP contribution is 2.27. The van der Waals surface area contributed by atoms with Gasteiger partial charge < -0.3 is 5.32 Å². The fourth-order valence-electron chi connectivity index (χ4n) is 2.63. The quantitative estimate of drug-likeness (QED) is 0.811. The summed E-state index contributed by atoms with van der Waals surface area (Å²) in [6, 6.07) is 4.51. The predicted octanol–water partition coefficient (Wildman–Crippen LogP) is 3.96. The van der Waals surface area contributed by atoms with Crippen LogP contribution < -0.4 is 5.32 Å². The summed E-state index contributed by atoms with van der Waals surface area (Å²) in [6.07, 6.45) is 4.38. The highest BCUT2D eigenvalue weighted by atomic mass is 35.5. The van der Waals surface area contributed by atoms with Crippen LogP contribution in [0, 0.1) is 5.92 Å². The third-order valence-electron chi connectivity index (χ3n) is 3.74. The molecule has 2 heterocycles. The molecule has 2 rings (SSSR count). The van der Waals surface area contributed by atoms with Gasteiger partial charge in [0.05, 0.1) is 0 Å². The van der Waals surface area contributed by atoms with Crippen LogP contribution in [-0.4, -0.2) is 36.1 Å². The van der Waals surface area contributed by atoms with Gasteiger partial charge in [-0.2, -0.15) is 0 Å². The van der Waals surface area contributed by atoms with E-state index in [1.54, 1.807) is 0 Å². The molecule has 0 unspecified atom stereocenters. The minimum atomic E-state index is 0. The summed E-state index contributed by atoms with van der Waals surface area (Å²) < 4.78 is 0. The van der Waals surface area contributed by atoms with Crippen molar-refractivity contribution in [2.75, 3.05) is 26.2 Å². The number of aromatic nitrogens is 1. The maximum atomic E-state index is 5.89. The van der Waals surface area contributed by atoms with Crippen molar-refractivity contribution in [3.05, 3.63) is 29.0 Å². The van der Waals surface area contributed by atoms with Crippen molar-refractivity contribution in [3.8, 4) is 0 Å². The van der Waals surface area contributed by atoms with Crippen LogP contribution in [-0.2, 0) is 0 Å². The average molecular weight is 355 g/mol. The largest absolute Gasteiger partial charge is 0.314 e. The van der Waals surface area contributed by atoms with Crippen LogP contribution >= 0.6 is 36.4 Å². The Kier molecular flexibility index (Phi) is 10.6. The van der Waals surface area contributed by atoms with Gasteiger partial charge >= 0.3 is 0 Å². The van der Waals surface area contributed by atoms with Crippen LogP contribution in [0.1, 0.15) is 38.3 Å². The van der Waals surface area contributed by atoms with E-state index < -0.39 is 0 Å². The van der Waals surface area contributed by atoms with Crippen molar-refractivity contribution < 1.29 is 0 Å². The Bertz CT molecular complexity index is 378. The molecule has 1 aromatic rings. The first-order valence-electron chi connectivity index (χ1n) is 7.23. The van der Waals surface area contributed by atoms with Crippen molar-refractivity contribution in [3.63, 3.8) is 0 Å². The first-order valence-corrected chi connectivity index (χ1v) is 7.61. The number of hydrogen-bond donors (Lipinski definition) is 1. The van der Waals surface area contributed by atoms with Gasteiger partial charge in [-0.25, -0.2) is 4.98 Å². The maximum absolute atomic E-state index is 5.89. The summed E-state index contributed by atoms with van der Waals surface area (Å²) in [4.78, 5) is 6.82. The predicted molar refractivity (Wildman–Crippen MR) is 95.0 cm³/mol. The molecule has 1 fully saturated rings. The first-order chi connectivity index (χ1) is 9.16. The van der Waals surface area contributed by atoms with Gasteiger partial charge in [0.2, 0.25) is 0 Å². The van der Waals surface area contributed by atoms with Crippen molar-refractivity contribution in [1.29, 1.82) is 0 Å². The zero-order chi connectivity index (χ0) is 13.7. The molecule has 1 atom stereocenters. The molecule has 1 saturated heterocycles. The number of nitrogens with zero attached hydrogens (tertiary/aromatic N) is 2. The molecule has 0 radical (unpaired) electrons. The molecule has 1 aliphatic rings.